The number of aromatic amines is 1. The minimum atomic E-state index is 0.0334. The van der Waals surface area contributed by atoms with Crippen molar-refractivity contribution in [1.29, 1.82) is 0 Å². The molecule has 1 atom stereocenters. The molecule has 1 aromatic heterocycles. The molecule has 1 aliphatic rings. The Morgan fingerprint density at radius 2 is 2.06 bits per heavy atom. The van der Waals surface area contributed by atoms with E-state index >= 15 is 0 Å². The topological polar surface area (TPSA) is 44.9 Å². The number of fused-ring (bicyclic) bond motifs is 3. The lowest BCUT2D eigenvalue weighted by molar-refractivity contribution is 0.593. The van der Waals surface area contributed by atoms with Gasteiger partial charge in [0.15, 0.2) is 0 Å². The maximum atomic E-state index is 11.9. The van der Waals surface area contributed by atoms with E-state index in [2.05, 4.69) is 10.3 Å². The number of rotatable bonds is 1. The molecule has 0 amide bonds. The van der Waals surface area contributed by atoms with Crippen LogP contribution in [0.4, 0.5) is 0 Å². The van der Waals surface area contributed by atoms with Crippen molar-refractivity contribution >= 4 is 10.8 Å². The van der Waals surface area contributed by atoms with Gasteiger partial charge < -0.3 is 10.3 Å². The summed E-state index contributed by atoms with van der Waals surface area (Å²) in [4.78, 5) is 14.9. The molecule has 0 aliphatic heterocycles. The second-order valence-electron chi connectivity index (χ2n) is 4.27. The van der Waals surface area contributed by atoms with Gasteiger partial charge in [-0.1, -0.05) is 18.2 Å². The fraction of sp³-hybridized carbons (Fsp3) is 0.308. The molecule has 16 heavy (non-hydrogen) atoms. The molecule has 0 saturated carbocycles. The molecule has 1 heterocycles. The predicted octanol–water partition coefficient (Wildman–Crippen LogP) is 1.73. The van der Waals surface area contributed by atoms with Crippen LogP contribution < -0.4 is 10.9 Å². The summed E-state index contributed by atoms with van der Waals surface area (Å²) < 4.78 is 0. The molecule has 3 nitrogen and oxygen atoms in total. The highest BCUT2D eigenvalue weighted by atomic mass is 16.1. The van der Waals surface area contributed by atoms with Crippen molar-refractivity contribution in [3.63, 3.8) is 0 Å². The Morgan fingerprint density at radius 1 is 1.31 bits per heavy atom. The smallest absolute Gasteiger partial charge is 0.256 e. The molecular formula is C13H14N2O. The highest BCUT2D eigenvalue weighted by Gasteiger charge is 2.24. The third kappa shape index (κ3) is 1.21. The first-order valence-electron chi connectivity index (χ1n) is 5.62. The molecular weight excluding hydrogens is 200 g/mol. The first-order chi connectivity index (χ1) is 7.81. The third-order valence-electron chi connectivity index (χ3n) is 3.43. The minimum Gasteiger partial charge on any atom is -0.325 e. The highest BCUT2D eigenvalue weighted by Crippen LogP contribution is 2.33. The Balaban J connectivity index is 2.42. The van der Waals surface area contributed by atoms with Crippen LogP contribution in [0.25, 0.3) is 10.8 Å². The van der Waals surface area contributed by atoms with E-state index in [1.807, 2.05) is 31.3 Å². The second kappa shape index (κ2) is 3.46. The predicted molar refractivity (Wildman–Crippen MR) is 64.7 cm³/mol. The summed E-state index contributed by atoms with van der Waals surface area (Å²) in [7, 11) is 1.97. The Bertz CT molecular complexity index is 600. The van der Waals surface area contributed by atoms with Gasteiger partial charge in [0.1, 0.15) is 0 Å². The van der Waals surface area contributed by atoms with Gasteiger partial charge in [-0.25, -0.2) is 0 Å². The molecule has 2 aromatic rings. The van der Waals surface area contributed by atoms with Crippen molar-refractivity contribution in [1.82, 2.24) is 10.3 Å². The lowest BCUT2D eigenvalue weighted by atomic mass is 10.0. The summed E-state index contributed by atoms with van der Waals surface area (Å²) in [5.41, 5.74) is 2.41. The zero-order valence-electron chi connectivity index (χ0n) is 9.21. The van der Waals surface area contributed by atoms with E-state index in [1.54, 1.807) is 0 Å². The molecule has 0 radical (unpaired) electrons. The van der Waals surface area contributed by atoms with Crippen LogP contribution in [-0.4, -0.2) is 12.0 Å². The van der Waals surface area contributed by atoms with Gasteiger partial charge in [-0.2, -0.15) is 0 Å². The Labute approximate surface area is 93.5 Å². The number of nitrogens with one attached hydrogen (secondary N) is 2. The SMILES string of the molecule is CNC1CCc2[nH]c(=O)c3ccccc3c21. The largest absolute Gasteiger partial charge is 0.325 e. The van der Waals surface area contributed by atoms with Crippen molar-refractivity contribution < 1.29 is 0 Å². The standard InChI is InChI=1S/C13H14N2O/c1-14-10-6-7-11-12(10)8-4-2-3-5-9(8)13(16)15-11/h2-5,10,14H,6-7H2,1H3,(H,15,16). The van der Waals surface area contributed by atoms with Crippen LogP contribution >= 0.6 is 0 Å². The first kappa shape index (κ1) is 9.60. The van der Waals surface area contributed by atoms with E-state index in [-0.39, 0.29) is 5.56 Å². The second-order valence-corrected chi connectivity index (χ2v) is 4.27. The molecule has 0 saturated heterocycles. The molecule has 0 spiro atoms. The van der Waals surface area contributed by atoms with Crippen LogP contribution in [0, 0.1) is 0 Å². The van der Waals surface area contributed by atoms with Gasteiger partial charge in [-0.3, -0.25) is 4.79 Å². The fourth-order valence-corrected chi connectivity index (χ4v) is 2.67. The number of hydrogen-bond acceptors (Lipinski definition) is 2. The summed E-state index contributed by atoms with van der Waals surface area (Å²) in [6.45, 7) is 0. The number of aromatic nitrogens is 1. The molecule has 82 valence electrons. The van der Waals surface area contributed by atoms with Crippen LogP contribution in [0.15, 0.2) is 29.1 Å². The van der Waals surface area contributed by atoms with Crippen LogP contribution in [0.3, 0.4) is 0 Å². The van der Waals surface area contributed by atoms with Crippen LogP contribution in [-0.2, 0) is 6.42 Å². The van der Waals surface area contributed by atoms with Crippen LogP contribution in [0.1, 0.15) is 23.7 Å². The quantitative estimate of drug-likeness (QED) is 0.759. The molecule has 1 aliphatic carbocycles. The van der Waals surface area contributed by atoms with E-state index in [4.69, 9.17) is 0 Å². The summed E-state index contributed by atoms with van der Waals surface area (Å²) >= 11 is 0. The Morgan fingerprint density at radius 3 is 2.81 bits per heavy atom. The van der Waals surface area contributed by atoms with Gasteiger partial charge in [0.2, 0.25) is 0 Å². The molecule has 0 fully saturated rings. The number of hydrogen-bond donors (Lipinski definition) is 2. The molecule has 2 N–H and O–H groups in total. The molecule has 1 aromatic carbocycles. The van der Waals surface area contributed by atoms with E-state index < -0.39 is 0 Å². The molecule has 3 heteroatoms. The van der Waals surface area contributed by atoms with Crippen LogP contribution in [0.2, 0.25) is 0 Å². The van der Waals surface area contributed by atoms with Gasteiger partial charge in [0, 0.05) is 17.1 Å². The average molecular weight is 214 g/mol. The molecule has 0 bridgehead atoms. The van der Waals surface area contributed by atoms with Crippen molar-refractivity contribution in [2.24, 2.45) is 0 Å². The first-order valence-corrected chi connectivity index (χ1v) is 5.62. The van der Waals surface area contributed by atoms with Gasteiger partial charge in [-0.15, -0.1) is 0 Å². The zero-order chi connectivity index (χ0) is 11.1. The summed E-state index contributed by atoms with van der Waals surface area (Å²) in [6, 6.07) is 8.20. The highest BCUT2D eigenvalue weighted by molar-refractivity contribution is 5.86. The van der Waals surface area contributed by atoms with E-state index in [9.17, 15) is 4.79 Å². The summed E-state index contributed by atoms with van der Waals surface area (Å²) in [5.74, 6) is 0. The van der Waals surface area contributed by atoms with E-state index in [0.717, 1.165) is 29.3 Å². The van der Waals surface area contributed by atoms with Crippen molar-refractivity contribution in [3.05, 3.63) is 45.9 Å². The van der Waals surface area contributed by atoms with E-state index in [1.165, 1.54) is 5.56 Å². The summed E-state index contributed by atoms with van der Waals surface area (Å²) in [5, 5.41) is 5.20. The lowest BCUT2D eigenvalue weighted by Crippen LogP contribution is -2.16. The number of pyridine rings is 1. The fourth-order valence-electron chi connectivity index (χ4n) is 2.67. The molecule has 3 rings (SSSR count). The van der Waals surface area contributed by atoms with Gasteiger partial charge >= 0.3 is 0 Å². The van der Waals surface area contributed by atoms with E-state index in [0.29, 0.717) is 6.04 Å². The summed E-state index contributed by atoms with van der Waals surface area (Å²) in [6.07, 6.45) is 2.02. The molecule has 1 unspecified atom stereocenters. The van der Waals surface area contributed by atoms with Gasteiger partial charge in [-0.05, 0) is 36.9 Å². The minimum absolute atomic E-state index is 0.0334. The van der Waals surface area contributed by atoms with Crippen molar-refractivity contribution in [2.75, 3.05) is 7.05 Å². The van der Waals surface area contributed by atoms with Crippen molar-refractivity contribution in [2.45, 2.75) is 18.9 Å². The number of H-pyrrole nitrogens is 1. The van der Waals surface area contributed by atoms with Gasteiger partial charge in [0.05, 0.1) is 0 Å². The maximum Gasteiger partial charge on any atom is 0.256 e. The number of aryl methyl sites for hydroxylation is 1. The zero-order valence-corrected chi connectivity index (χ0v) is 9.21. The average Bonchev–Trinajstić information content (AvgIpc) is 2.72. The van der Waals surface area contributed by atoms with Gasteiger partial charge in [0.25, 0.3) is 5.56 Å². The maximum absolute atomic E-state index is 11.9. The third-order valence-corrected chi connectivity index (χ3v) is 3.43. The van der Waals surface area contributed by atoms with Crippen LogP contribution in [0.5, 0.6) is 0 Å². The lowest BCUT2D eigenvalue weighted by Gasteiger charge is -2.12. The monoisotopic (exact) mass is 214 g/mol. The number of benzene rings is 1. The van der Waals surface area contributed by atoms with Crippen molar-refractivity contribution in [3.8, 4) is 0 Å². The Hall–Kier alpha value is -1.61. The normalized spacial score (nSPS) is 18.9. The Kier molecular flexibility index (Phi) is 2.07.